The molecule has 2 aromatic carbocycles. The zero-order valence-electron chi connectivity index (χ0n) is 16.6. The average molecular weight is 519 g/mol. The highest BCUT2D eigenvalue weighted by molar-refractivity contribution is 14.1. The van der Waals surface area contributed by atoms with Gasteiger partial charge in [0.15, 0.2) is 0 Å². The van der Waals surface area contributed by atoms with Crippen molar-refractivity contribution in [3.8, 4) is 11.5 Å². The monoisotopic (exact) mass is 518 g/mol. The SMILES string of the molecule is COC[C@@H](COc1ccc(C(C)(C)c2ccc(OCCCCl)cc2)cc1)OI. The number of halogens is 2. The average Bonchev–Trinajstić information content (AvgIpc) is 2.72. The molecule has 0 aromatic heterocycles. The van der Waals surface area contributed by atoms with Crippen LogP contribution in [0.2, 0.25) is 0 Å². The minimum absolute atomic E-state index is 0.0908. The molecule has 0 aliphatic heterocycles. The van der Waals surface area contributed by atoms with Crippen LogP contribution in [0.4, 0.5) is 0 Å². The first kappa shape index (κ1) is 23.3. The summed E-state index contributed by atoms with van der Waals surface area (Å²) < 4.78 is 21.9. The Morgan fingerprint density at radius 1 is 0.893 bits per heavy atom. The number of hydrogen-bond donors (Lipinski definition) is 0. The van der Waals surface area contributed by atoms with Gasteiger partial charge in [-0.25, -0.2) is 0 Å². The molecule has 28 heavy (non-hydrogen) atoms. The summed E-state index contributed by atoms with van der Waals surface area (Å²) in [6.07, 6.45) is 0.756. The second-order valence-electron chi connectivity index (χ2n) is 7.04. The molecule has 2 rings (SSSR count). The lowest BCUT2D eigenvalue weighted by Crippen LogP contribution is -2.23. The molecular formula is C22H28ClIO4. The number of benzene rings is 2. The minimum Gasteiger partial charge on any atom is -0.494 e. The molecule has 1 atom stereocenters. The van der Waals surface area contributed by atoms with Gasteiger partial charge in [0.1, 0.15) is 47.2 Å². The third kappa shape index (κ3) is 6.79. The lowest BCUT2D eigenvalue weighted by atomic mass is 9.78. The highest BCUT2D eigenvalue weighted by atomic mass is 127. The van der Waals surface area contributed by atoms with E-state index in [4.69, 9.17) is 28.9 Å². The minimum atomic E-state index is -0.128. The molecule has 0 amide bonds. The van der Waals surface area contributed by atoms with Crippen LogP contribution >= 0.6 is 34.6 Å². The molecule has 0 fully saturated rings. The van der Waals surface area contributed by atoms with Gasteiger partial charge >= 0.3 is 0 Å². The Morgan fingerprint density at radius 2 is 1.43 bits per heavy atom. The Balaban J connectivity index is 2.00. The Labute approximate surface area is 187 Å². The number of ether oxygens (including phenoxy) is 3. The molecule has 0 N–H and O–H groups in total. The van der Waals surface area contributed by atoms with E-state index in [9.17, 15) is 0 Å². The van der Waals surface area contributed by atoms with Crippen molar-refractivity contribution in [3.05, 3.63) is 59.7 Å². The molecule has 0 heterocycles. The first-order valence-electron chi connectivity index (χ1n) is 9.30. The molecule has 0 spiro atoms. The molecule has 0 aliphatic rings. The standard InChI is InChI=1S/C22H28ClIO4/c1-22(2,17-5-9-19(10-6-17)26-14-4-13-23)18-7-11-20(12-8-18)27-16-21(28-24)15-25-3/h5-12,21H,4,13-16H2,1-3H3/t21-/m0/s1. The molecule has 154 valence electrons. The molecule has 0 saturated heterocycles. The van der Waals surface area contributed by atoms with Gasteiger partial charge in [-0.15, -0.1) is 11.6 Å². The predicted octanol–water partition coefficient (Wildman–Crippen LogP) is 5.78. The molecule has 0 radical (unpaired) electrons. The Bertz CT molecular complexity index is 689. The maximum Gasteiger partial charge on any atom is 0.127 e. The van der Waals surface area contributed by atoms with Crippen LogP contribution in [0, 0.1) is 0 Å². The summed E-state index contributed by atoms with van der Waals surface area (Å²) >= 11 is 7.56. The van der Waals surface area contributed by atoms with Crippen LogP contribution in [0.1, 0.15) is 31.4 Å². The van der Waals surface area contributed by atoms with Gasteiger partial charge in [-0.05, 0) is 41.8 Å². The van der Waals surface area contributed by atoms with Crippen molar-refractivity contribution in [3.63, 3.8) is 0 Å². The van der Waals surface area contributed by atoms with Gasteiger partial charge in [-0.2, -0.15) is 0 Å². The van der Waals surface area contributed by atoms with E-state index in [2.05, 4.69) is 38.1 Å². The number of hydrogen-bond acceptors (Lipinski definition) is 4. The fraction of sp³-hybridized carbons (Fsp3) is 0.455. The normalized spacial score (nSPS) is 12.6. The molecule has 6 heteroatoms. The largest absolute Gasteiger partial charge is 0.494 e. The Morgan fingerprint density at radius 3 is 1.89 bits per heavy atom. The highest BCUT2D eigenvalue weighted by Gasteiger charge is 2.23. The molecule has 0 unspecified atom stereocenters. The van der Waals surface area contributed by atoms with Crippen LogP contribution in [0.25, 0.3) is 0 Å². The quantitative estimate of drug-likeness (QED) is 0.203. The molecule has 2 aromatic rings. The van der Waals surface area contributed by atoms with Gasteiger partial charge < -0.3 is 17.3 Å². The van der Waals surface area contributed by atoms with E-state index in [0.29, 0.717) is 25.7 Å². The molecule has 4 nitrogen and oxygen atoms in total. The molecular weight excluding hydrogens is 491 g/mol. The van der Waals surface area contributed by atoms with Crippen molar-refractivity contribution in [1.29, 1.82) is 0 Å². The third-order valence-corrected chi connectivity index (χ3v) is 5.60. The van der Waals surface area contributed by atoms with E-state index in [1.165, 1.54) is 11.1 Å². The molecule has 0 saturated carbocycles. The van der Waals surface area contributed by atoms with Crippen molar-refractivity contribution in [2.75, 3.05) is 32.8 Å². The van der Waals surface area contributed by atoms with Gasteiger partial charge in [0.2, 0.25) is 0 Å². The van der Waals surface area contributed by atoms with Crippen molar-refractivity contribution in [2.24, 2.45) is 0 Å². The van der Waals surface area contributed by atoms with E-state index in [1.54, 1.807) is 7.11 Å². The lowest BCUT2D eigenvalue weighted by molar-refractivity contribution is 0.0745. The van der Waals surface area contributed by atoms with Gasteiger partial charge in [-0.1, -0.05) is 38.1 Å². The van der Waals surface area contributed by atoms with Crippen molar-refractivity contribution >= 4 is 34.6 Å². The molecule has 0 bridgehead atoms. The van der Waals surface area contributed by atoms with Gasteiger partial charge in [0.05, 0.1) is 13.2 Å². The van der Waals surface area contributed by atoms with Crippen LogP contribution in [-0.2, 0) is 13.2 Å². The third-order valence-electron chi connectivity index (χ3n) is 4.61. The summed E-state index contributed by atoms with van der Waals surface area (Å²) in [6.45, 7) is 6.02. The second-order valence-corrected chi connectivity index (χ2v) is 7.93. The fourth-order valence-corrected chi connectivity index (χ4v) is 3.22. The first-order valence-corrected chi connectivity index (χ1v) is 10.7. The van der Waals surface area contributed by atoms with Crippen LogP contribution in [0.15, 0.2) is 48.5 Å². The number of methoxy groups -OCH3 is 1. The van der Waals surface area contributed by atoms with E-state index in [-0.39, 0.29) is 11.5 Å². The van der Waals surface area contributed by atoms with E-state index in [0.717, 1.165) is 17.9 Å². The summed E-state index contributed by atoms with van der Waals surface area (Å²) in [6, 6.07) is 16.5. The van der Waals surface area contributed by atoms with Crippen LogP contribution in [-0.4, -0.2) is 38.9 Å². The van der Waals surface area contributed by atoms with Crippen molar-refractivity contribution in [1.82, 2.24) is 0 Å². The highest BCUT2D eigenvalue weighted by Crippen LogP contribution is 2.33. The summed E-state index contributed by atoms with van der Waals surface area (Å²) in [5.74, 6) is 2.30. The Hall–Kier alpha value is -1.02. The maximum atomic E-state index is 5.81. The summed E-state index contributed by atoms with van der Waals surface area (Å²) in [4.78, 5) is 0. The topological polar surface area (TPSA) is 36.9 Å². The zero-order chi connectivity index (χ0) is 20.4. The van der Waals surface area contributed by atoms with E-state index in [1.807, 2.05) is 47.3 Å². The smallest absolute Gasteiger partial charge is 0.127 e. The molecule has 0 aliphatic carbocycles. The lowest BCUT2D eigenvalue weighted by Gasteiger charge is -2.26. The van der Waals surface area contributed by atoms with Gasteiger partial charge in [-0.3, -0.25) is 0 Å². The maximum absolute atomic E-state index is 5.81. The zero-order valence-corrected chi connectivity index (χ0v) is 19.5. The first-order chi connectivity index (χ1) is 13.5. The Kier molecular flexibility index (Phi) is 9.85. The van der Waals surface area contributed by atoms with Crippen LogP contribution in [0.3, 0.4) is 0 Å². The second kappa shape index (κ2) is 11.9. The van der Waals surface area contributed by atoms with Gasteiger partial charge in [0, 0.05) is 18.4 Å². The number of alkyl halides is 1. The summed E-state index contributed by atoms with van der Waals surface area (Å²) in [5, 5.41) is 0. The summed E-state index contributed by atoms with van der Waals surface area (Å²) in [7, 11) is 1.65. The van der Waals surface area contributed by atoms with Crippen molar-refractivity contribution in [2.45, 2.75) is 31.8 Å². The van der Waals surface area contributed by atoms with Crippen LogP contribution < -0.4 is 9.47 Å². The predicted molar refractivity (Wildman–Crippen MR) is 122 cm³/mol. The van der Waals surface area contributed by atoms with Crippen LogP contribution in [0.5, 0.6) is 11.5 Å². The van der Waals surface area contributed by atoms with E-state index >= 15 is 0 Å². The summed E-state index contributed by atoms with van der Waals surface area (Å²) in [5.41, 5.74) is 2.32. The van der Waals surface area contributed by atoms with E-state index < -0.39 is 0 Å². The fourth-order valence-electron chi connectivity index (χ4n) is 2.82. The van der Waals surface area contributed by atoms with Crippen molar-refractivity contribution < 1.29 is 17.3 Å². The number of rotatable bonds is 12. The van der Waals surface area contributed by atoms with Gasteiger partial charge in [0.25, 0.3) is 0 Å².